The van der Waals surface area contributed by atoms with Gasteiger partial charge >= 0.3 is 0 Å². The number of hydrogen-bond donors (Lipinski definition) is 0. The monoisotopic (exact) mass is 411 g/mol. The lowest BCUT2D eigenvalue weighted by Crippen LogP contribution is -2.23. The van der Waals surface area contributed by atoms with Crippen LogP contribution in [0.2, 0.25) is 5.02 Å². The topological polar surface area (TPSA) is 79.7 Å². The van der Waals surface area contributed by atoms with E-state index in [2.05, 4.69) is 10.1 Å². The molecule has 1 aromatic carbocycles. The molecule has 1 aliphatic rings. The number of hydrogen-bond acceptors (Lipinski definition) is 7. The Morgan fingerprint density at radius 3 is 2.65 bits per heavy atom. The Kier molecular flexibility index (Phi) is 5.74. The number of halogens is 1. The molecule has 0 unspecified atom stereocenters. The highest BCUT2D eigenvalue weighted by molar-refractivity contribution is 7.90. The average molecular weight is 412 g/mol. The van der Waals surface area contributed by atoms with Crippen LogP contribution in [0.4, 0.5) is 0 Å². The van der Waals surface area contributed by atoms with Crippen molar-refractivity contribution in [1.29, 1.82) is 0 Å². The highest BCUT2D eigenvalue weighted by atomic mass is 35.5. The summed E-state index contributed by atoms with van der Waals surface area (Å²) < 4.78 is 23.5. The van der Waals surface area contributed by atoms with E-state index in [4.69, 9.17) is 11.6 Å². The Morgan fingerprint density at radius 1 is 1.35 bits per heavy atom. The third-order valence-corrected chi connectivity index (χ3v) is 6.35. The van der Waals surface area contributed by atoms with Crippen LogP contribution in [0.3, 0.4) is 0 Å². The van der Waals surface area contributed by atoms with Crippen LogP contribution < -0.4 is 0 Å². The molecular weight excluding hydrogens is 394 g/mol. The van der Waals surface area contributed by atoms with Gasteiger partial charge in [-0.3, -0.25) is 9.80 Å². The van der Waals surface area contributed by atoms with E-state index in [1.54, 1.807) is 12.3 Å². The van der Waals surface area contributed by atoms with Gasteiger partial charge in [-0.2, -0.15) is 5.10 Å². The predicted octanol–water partition coefficient (Wildman–Crippen LogP) is 2.81. The largest absolute Gasteiger partial charge is 0.296 e. The number of thiazole rings is 1. The molecule has 0 saturated carbocycles. The lowest BCUT2D eigenvalue weighted by atomic mass is 10.0. The van der Waals surface area contributed by atoms with E-state index in [1.165, 1.54) is 23.5 Å². The molecule has 2 heterocycles. The summed E-state index contributed by atoms with van der Waals surface area (Å²) in [4.78, 5) is 17.0. The van der Waals surface area contributed by atoms with E-state index in [9.17, 15) is 13.2 Å². The molecule has 1 fully saturated rings. The molecule has 1 aromatic heterocycles. The van der Waals surface area contributed by atoms with Gasteiger partial charge in [-0.25, -0.2) is 13.4 Å². The molecule has 0 spiro atoms. The molecule has 2 aromatic rings. The highest BCUT2D eigenvalue weighted by Crippen LogP contribution is 2.24. The van der Waals surface area contributed by atoms with Crippen molar-refractivity contribution in [1.82, 2.24) is 9.99 Å². The van der Waals surface area contributed by atoms with Crippen LogP contribution in [0, 0.1) is 0 Å². The second-order valence-corrected chi connectivity index (χ2v) is 9.42. The summed E-state index contributed by atoms with van der Waals surface area (Å²) >= 11 is 7.56. The lowest BCUT2D eigenvalue weighted by Gasteiger charge is -2.14. The molecule has 0 aliphatic carbocycles. The van der Waals surface area contributed by atoms with Crippen LogP contribution in [-0.2, 0) is 21.1 Å². The van der Waals surface area contributed by atoms with E-state index < -0.39 is 9.84 Å². The van der Waals surface area contributed by atoms with Crippen LogP contribution in [-0.4, -0.2) is 49.3 Å². The number of carbonyl (C=O) groups excluding carboxylic acids is 1. The summed E-state index contributed by atoms with van der Waals surface area (Å²) in [6.07, 6.45) is 4.97. The van der Waals surface area contributed by atoms with E-state index >= 15 is 0 Å². The Balaban J connectivity index is 1.97. The standard InChI is InChI=1S/C17H18ClN3O3S2/c1-26(23,24)15-5-4-12(10-13(15)18)17(20-21-7-2-3-8-21)14(22)11-16-19-6-9-25-16/h4-6,9-10H,2-3,7-8,11H2,1H3/b20-17+. The second kappa shape index (κ2) is 7.85. The first-order valence-corrected chi connectivity index (χ1v) is 11.2. The number of nitrogens with zero attached hydrogens (tertiary/aromatic N) is 3. The fourth-order valence-electron chi connectivity index (χ4n) is 2.73. The quantitative estimate of drug-likeness (QED) is 0.683. The summed E-state index contributed by atoms with van der Waals surface area (Å²) in [6.45, 7) is 1.59. The van der Waals surface area contributed by atoms with Gasteiger partial charge in [-0.15, -0.1) is 11.3 Å². The predicted molar refractivity (Wildman–Crippen MR) is 103 cm³/mol. The smallest absolute Gasteiger partial charge is 0.190 e. The number of sulfone groups is 1. The molecular formula is C17H18ClN3O3S2. The van der Waals surface area contributed by atoms with E-state index in [0.717, 1.165) is 32.2 Å². The molecule has 6 nitrogen and oxygen atoms in total. The zero-order valence-corrected chi connectivity index (χ0v) is 16.6. The molecule has 1 aliphatic heterocycles. The molecule has 0 N–H and O–H groups in total. The summed E-state index contributed by atoms with van der Waals surface area (Å²) in [5.74, 6) is -0.171. The lowest BCUT2D eigenvalue weighted by molar-refractivity contribution is -0.112. The maximum Gasteiger partial charge on any atom is 0.190 e. The Bertz CT molecular complexity index is 934. The number of aromatic nitrogens is 1. The van der Waals surface area contributed by atoms with Gasteiger partial charge in [-0.1, -0.05) is 17.7 Å². The van der Waals surface area contributed by atoms with Crippen molar-refractivity contribution in [2.75, 3.05) is 19.3 Å². The van der Waals surface area contributed by atoms with Crippen molar-refractivity contribution in [2.24, 2.45) is 5.10 Å². The number of benzene rings is 1. The van der Waals surface area contributed by atoms with Crippen molar-refractivity contribution in [2.45, 2.75) is 24.2 Å². The number of hydrazone groups is 1. The van der Waals surface area contributed by atoms with Crippen molar-refractivity contribution < 1.29 is 13.2 Å². The molecule has 26 heavy (non-hydrogen) atoms. The number of carbonyl (C=O) groups is 1. The molecule has 138 valence electrons. The minimum atomic E-state index is -3.44. The van der Waals surface area contributed by atoms with Crippen LogP contribution in [0.1, 0.15) is 23.4 Å². The van der Waals surface area contributed by atoms with Crippen LogP contribution >= 0.6 is 22.9 Å². The van der Waals surface area contributed by atoms with Crippen molar-refractivity contribution in [3.05, 3.63) is 45.4 Å². The van der Waals surface area contributed by atoms with Gasteiger partial charge in [0.2, 0.25) is 0 Å². The average Bonchev–Trinajstić information content (AvgIpc) is 3.24. The van der Waals surface area contributed by atoms with Crippen LogP contribution in [0.25, 0.3) is 0 Å². The Hall–Kier alpha value is -1.77. The van der Waals surface area contributed by atoms with Crippen molar-refractivity contribution in [3.63, 3.8) is 0 Å². The first-order chi connectivity index (χ1) is 12.3. The number of ketones is 1. The highest BCUT2D eigenvalue weighted by Gasteiger charge is 2.21. The minimum absolute atomic E-state index is 0.0378. The maximum absolute atomic E-state index is 12.8. The minimum Gasteiger partial charge on any atom is -0.296 e. The van der Waals surface area contributed by atoms with Gasteiger partial charge in [0.1, 0.15) is 10.7 Å². The van der Waals surface area contributed by atoms with Gasteiger partial charge in [0.15, 0.2) is 15.6 Å². The first kappa shape index (κ1) is 19.0. The molecule has 0 amide bonds. The normalized spacial score (nSPS) is 15.5. The van der Waals surface area contributed by atoms with E-state index in [-0.39, 0.29) is 27.8 Å². The molecule has 3 rings (SSSR count). The van der Waals surface area contributed by atoms with Crippen LogP contribution in [0.15, 0.2) is 39.8 Å². The zero-order valence-electron chi connectivity index (χ0n) is 14.2. The SMILES string of the molecule is CS(=O)(=O)c1ccc(/C(=N\N2CCCC2)C(=O)Cc2nccs2)cc1Cl. The first-order valence-electron chi connectivity index (χ1n) is 8.09. The van der Waals surface area contributed by atoms with Crippen molar-refractivity contribution >= 4 is 44.3 Å². The maximum atomic E-state index is 12.8. The summed E-state index contributed by atoms with van der Waals surface area (Å²) in [6, 6.07) is 4.49. The molecule has 1 saturated heterocycles. The molecule has 0 atom stereocenters. The summed E-state index contributed by atoms with van der Waals surface area (Å²) in [7, 11) is -3.44. The third kappa shape index (κ3) is 4.49. The van der Waals surface area contributed by atoms with Crippen molar-refractivity contribution in [3.8, 4) is 0 Å². The molecule has 0 bridgehead atoms. The van der Waals surface area contributed by atoms with Gasteiger partial charge < -0.3 is 0 Å². The summed E-state index contributed by atoms with van der Waals surface area (Å²) in [5.41, 5.74) is 0.792. The third-order valence-electron chi connectivity index (χ3n) is 3.99. The summed E-state index contributed by atoms with van der Waals surface area (Å²) in [5, 5.41) is 9.01. The van der Waals surface area contributed by atoms with E-state index in [1.807, 2.05) is 10.4 Å². The van der Waals surface area contributed by atoms with Gasteiger partial charge in [-0.05, 0) is 25.0 Å². The molecule has 0 radical (unpaired) electrons. The van der Waals surface area contributed by atoms with Gasteiger partial charge in [0, 0.05) is 36.5 Å². The Labute approximate surface area is 161 Å². The number of Topliss-reactive ketones (excluding diaryl/α,β-unsaturated/α-hetero) is 1. The van der Waals surface area contributed by atoms with Gasteiger partial charge in [0.05, 0.1) is 16.3 Å². The van der Waals surface area contributed by atoms with E-state index in [0.29, 0.717) is 10.6 Å². The molecule has 9 heteroatoms. The Morgan fingerprint density at radius 2 is 2.08 bits per heavy atom. The second-order valence-electron chi connectivity index (χ2n) is 6.05. The van der Waals surface area contributed by atoms with Crippen LogP contribution in [0.5, 0.6) is 0 Å². The number of rotatable bonds is 6. The fraction of sp³-hybridized carbons (Fsp3) is 0.353. The van der Waals surface area contributed by atoms with Gasteiger partial charge in [0.25, 0.3) is 0 Å². The zero-order chi connectivity index (χ0) is 18.7. The fourth-order valence-corrected chi connectivity index (χ4v) is 4.67.